The van der Waals surface area contributed by atoms with Crippen molar-refractivity contribution in [2.24, 2.45) is 0 Å². The van der Waals surface area contributed by atoms with E-state index in [4.69, 9.17) is 4.74 Å². The molecule has 202 valence electrons. The van der Waals surface area contributed by atoms with E-state index in [0.717, 1.165) is 24.4 Å². The largest absolute Gasteiger partial charge is 0.618 e. The van der Waals surface area contributed by atoms with Gasteiger partial charge < -0.3 is 20.2 Å². The quantitative estimate of drug-likeness (QED) is 0.328. The van der Waals surface area contributed by atoms with Crippen molar-refractivity contribution < 1.29 is 36.5 Å². The van der Waals surface area contributed by atoms with E-state index < -0.39 is 28.2 Å². The van der Waals surface area contributed by atoms with E-state index >= 15 is 0 Å². The van der Waals surface area contributed by atoms with Crippen LogP contribution in [-0.2, 0) is 22.4 Å². The molecule has 3 aromatic rings. The molecule has 1 aromatic carbocycles. The Hall–Kier alpha value is -3.46. The fraction of sp³-hybridized carbons (Fsp3) is 0.333. The summed E-state index contributed by atoms with van der Waals surface area (Å²) in [7, 11) is -2.92. The highest BCUT2D eigenvalue weighted by molar-refractivity contribution is 8.23. The van der Waals surface area contributed by atoms with E-state index in [-0.39, 0.29) is 39.8 Å². The molecule has 2 aliphatic rings. The molecule has 5 rings (SSSR count). The summed E-state index contributed by atoms with van der Waals surface area (Å²) in [6, 6.07) is 5.42. The molecule has 0 bridgehead atoms. The van der Waals surface area contributed by atoms with E-state index in [1.165, 1.54) is 12.1 Å². The number of hydrogen-bond donors (Lipinski definition) is 3. The standard InChI is InChI=1S/C24H24F3N5O5S/c1-14-18(10-17(11-32(14)34)28-23(33)15-3-2-4-16(9-15)24(25,26)27)21-29-20-13-38(35,36)12-19(20)22(30-21)31-5-7-37-8-6-31/h2-4,9-11,35-36H,5-8,12-13H2,1H3,(H,28,33). The first-order valence-electron chi connectivity index (χ1n) is 11.6. The molecular weight excluding hydrogens is 527 g/mol. The third-order valence-corrected chi connectivity index (χ3v) is 7.84. The maximum Gasteiger partial charge on any atom is 0.416 e. The van der Waals surface area contributed by atoms with Crippen LogP contribution < -0.4 is 14.9 Å². The second-order valence-corrected chi connectivity index (χ2v) is 11.3. The van der Waals surface area contributed by atoms with Crippen molar-refractivity contribution >= 4 is 28.0 Å². The summed E-state index contributed by atoms with van der Waals surface area (Å²) in [5.74, 6) is -0.162. The molecule has 0 radical (unpaired) electrons. The predicted molar refractivity (Wildman–Crippen MR) is 134 cm³/mol. The van der Waals surface area contributed by atoms with Crippen LogP contribution in [0.3, 0.4) is 0 Å². The Kier molecular flexibility index (Phi) is 6.67. The van der Waals surface area contributed by atoms with Crippen molar-refractivity contribution in [2.45, 2.75) is 24.6 Å². The van der Waals surface area contributed by atoms with Crippen molar-refractivity contribution in [1.29, 1.82) is 0 Å². The van der Waals surface area contributed by atoms with E-state index in [0.29, 0.717) is 48.1 Å². The molecule has 38 heavy (non-hydrogen) atoms. The van der Waals surface area contributed by atoms with Gasteiger partial charge in [-0.15, -0.1) is 0 Å². The van der Waals surface area contributed by atoms with Crippen molar-refractivity contribution in [3.8, 4) is 11.4 Å². The number of amides is 1. The van der Waals surface area contributed by atoms with Gasteiger partial charge in [-0.2, -0.15) is 28.5 Å². The van der Waals surface area contributed by atoms with Gasteiger partial charge in [0.1, 0.15) is 11.5 Å². The van der Waals surface area contributed by atoms with Crippen LogP contribution in [0.1, 0.15) is 32.9 Å². The minimum atomic E-state index is -4.61. The van der Waals surface area contributed by atoms with Crippen molar-refractivity contribution in [1.82, 2.24) is 9.97 Å². The van der Waals surface area contributed by atoms with Crippen molar-refractivity contribution in [3.05, 3.63) is 69.8 Å². The topological polar surface area (TPSA) is 135 Å². The summed E-state index contributed by atoms with van der Waals surface area (Å²) >= 11 is 0. The minimum Gasteiger partial charge on any atom is -0.618 e. The van der Waals surface area contributed by atoms with E-state index in [1.807, 2.05) is 4.90 Å². The number of aromatic nitrogens is 3. The number of hydrogen-bond acceptors (Lipinski definition) is 8. The van der Waals surface area contributed by atoms with Gasteiger partial charge in [-0.05, 0) is 24.3 Å². The number of morpholine rings is 1. The zero-order valence-electron chi connectivity index (χ0n) is 20.2. The normalized spacial score (nSPS) is 17.7. The molecule has 0 aliphatic carbocycles. The van der Waals surface area contributed by atoms with Crippen LogP contribution in [0.5, 0.6) is 0 Å². The number of pyridine rings is 1. The van der Waals surface area contributed by atoms with Gasteiger partial charge in [-0.25, -0.2) is 9.97 Å². The van der Waals surface area contributed by atoms with E-state index in [2.05, 4.69) is 15.3 Å². The Balaban J connectivity index is 1.52. The van der Waals surface area contributed by atoms with Crippen LogP contribution >= 0.6 is 10.6 Å². The first-order valence-corrected chi connectivity index (χ1v) is 13.5. The molecule has 3 N–H and O–H groups in total. The van der Waals surface area contributed by atoms with Gasteiger partial charge in [0.25, 0.3) is 5.91 Å². The van der Waals surface area contributed by atoms with E-state index in [1.54, 1.807) is 6.92 Å². The summed E-state index contributed by atoms with van der Waals surface area (Å²) in [6.45, 7) is 3.56. The first kappa shape index (κ1) is 26.2. The average Bonchev–Trinajstić information content (AvgIpc) is 3.19. The lowest BCUT2D eigenvalue weighted by Crippen LogP contribution is -2.37. The fourth-order valence-corrected chi connectivity index (χ4v) is 5.95. The molecule has 0 unspecified atom stereocenters. The maximum atomic E-state index is 13.1. The van der Waals surface area contributed by atoms with Crippen LogP contribution in [0.4, 0.5) is 24.7 Å². The predicted octanol–water partition coefficient (Wildman–Crippen LogP) is 3.96. The second-order valence-electron chi connectivity index (χ2n) is 9.07. The molecule has 4 heterocycles. The van der Waals surface area contributed by atoms with Gasteiger partial charge >= 0.3 is 6.18 Å². The number of rotatable bonds is 4. The molecule has 0 atom stereocenters. The number of halogens is 3. The lowest BCUT2D eigenvalue weighted by Gasteiger charge is -2.30. The summed E-state index contributed by atoms with van der Waals surface area (Å²) in [4.78, 5) is 23.9. The lowest BCUT2D eigenvalue weighted by molar-refractivity contribution is -0.611. The number of nitrogens with one attached hydrogen (secondary N) is 1. The number of alkyl halides is 3. The summed E-state index contributed by atoms with van der Waals surface area (Å²) < 4.78 is 65.9. The van der Waals surface area contributed by atoms with Gasteiger partial charge in [-0.1, -0.05) is 6.07 Å². The van der Waals surface area contributed by atoms with Gasteiger partial charge in [0.15, 0.2) is 5.82 Å². The third kappa shape index (κ3) is 5.25. The maximum absolute atomic E-state index is 13.1. The Morgan fingerprint density at radius 2 is 1.92 bits per heavy atom. The van der Waals surface area contributed by atoms with Gasteiger partial charge in [0.05, 0.1) is 41.5 Å². The summed E-state index contributed by atoms with van der Waals surface area (Å²) in [5, 5.41) is 15.2. The number of carbonyl (C=O) groups is 1. The highest BCUT2D eigenvalue weighted by Crippen LogP contribution is 2.54. The zero-order valence-corrected chi connectivity index (χ0v) is 21.0. The van der Waals surface area contributed by atoms with Gasteiger partial charge in [0, 0.05) is 31.1 Å². The second kappa shape index (κ2) is 9.69. The number of nitrogens with zero attached hydrogens (tertiary/aromatic N) is 4. The molecule has 14 heteroatoms. The lowest BCUT2D eigenvalue weighted by atomic mass is 10.1. The van der Waals surface area contributed by atoms with Crippen LogP contribution in [0.2, 0.25) is 0 Å². The van der Waals surface area contributed by atoms with Crippen molar-refractivity contribution in [3.63, 3.8) is 0 Å². The van der Waals surface area contributed by atoms with Gasteiger partial charge in [0.2, 0.25) is 11.9 Å². The molecule has 0 saturated carbocycles. The molecule has 0 spiro atoms. The molecule has 1 fully saturated rings. The van der Waals surface area contributed by atoms with Crippen LogP contribution in [-0.4, -0.2) is 51.3 Å². The van der Waals surface area contributed by atoms with Crippen LogP contribution in [0, 0.1) is 12.1 Å². The third-order valence-electron chi connectivity index (χ3n) is 6.35. The molecule has 1 saturated heterocycles. The number of ether oxygens (including phenoxy) is 1. The van der Waals surface area contributed by atoms with Crippen molar-refractivity contribution in [2.75, 3.05) is 36.5 Å². The highest BCUT2D eigenvalue weighted by atomic mass is 32.3. The molecular formula is C24H24F3N5O5S. The Labute approximate surface area is 217 Å². The number of anilines is 2. The van der Waals surface area contributed by atoms with Crippen LogP contribution in [0.25, 0.3) is 11.4 Å². The number of carbonyl (C=O) groups excluding carboxylic acids is 1. The van der Waals surface area contributed by atoms with E-state index in [9.17, 15) is 32.3 Å². The SMILES string of the molecule is Cc1c(-c2nc3c(c(N4CCOCC4)n2)CS(O)(O)C3)cc(NC(=O)c2cccc(C(F)(F)F)c2)c[n+]1[O-]. The summed E-state index contributed by atoms with van der Waals surface area (Å²) in [6.07, 6.45) is -3.52. The minimum absolute atomic E-state index is 0.0307. The average molecular weight is 552 g/mol. The first-order chi connectivity index (χ1) is 17.9. The molecule has 10 nitrogen and oxygen atoms in total. The number of benzene rings is 1. The monoisotopic (exact) mass is 551 g/mol. The van der Waals surface area contributed by atoms with Gasteiger partial charge in [-0.3, -0.25) is 13.9 Å². The molecule has 1 amide bonds. The molecule has 2 aliphatic heterocycles. The Morgan fingerprint density at radius 1 is 1.18 bits per heavy atom. The Bertz CT molecular complexity index is 1410. The summed E-state index contributed by atoms with van der Waals surface area (Å²) in [5.41, 5.74) is 0.435. The molecule has 2 aromatic heterocycles. The fourth-order valence-electron chi connectivity index (χ4n) is 4.42. The highest BCUT2D eigenvalue weighted by Gasteiger charge is 2.34. The Morgan fingerprint density at radius 3 is 2.63 bits per heavy atom. The number of fused-ring (bicyclic) bond motifs is 1. The zero-order chi connectivity index (χ0) is 27.2. The smallest absolute Gasteiger partial charge is 0.416 e. The van der Waals surface area contributed by atoms with Crippen LogP contribution in [0.15, 0.2) is 36.5 Å².